The number of benzene rings is 2. The highest BCUT2D eigenvalue weighted by molar-refractivity contribution is 6.43. The Kier molecular flexibility index (Phi) is 6.28. The molecule has 1 unspecified atom stereocenters. The summed E-state index contributed by atoms with van der Waals surface area (Å²) < 4.78 is 0. The van der Waals surface area contributed by atoms with Crippen molar-refractivity contribution in [2.75, 3.05) is 0 Å². The van der Waals surface area contributed by atoms with E-state index < -0.39 is 35.5 Å². The zero-order chi connectivity index (χ0) is 24.0. The number of hydrogen-bond donors (Lipinski definition) is 3. The Morgan fingerprint density at radius 2 is 1.67 bits per heavy atom. The topological polar surface area (TPSA) is 124 Å². The molecular formula is C21H13Cl4N3O5. The van der Waals surface area contributed by atoms with Crippen molar-refractivity contribution in [2.24, 2.45) is 0 Å². The molecule has 1 aliphatic heterocycles. The third kappa shape index (κ3) is 4.04. The van der Waals surface area contributed by atoms with Gasteiger partial charge in [-0.05, 0) is 18.2 Å². The number of H-pyrrole nitrogens is 1. The quantitative estimate of drug-likeness (QED) is 0.439. The average Bonchev–Trinajstić information content (AvgIpc) is 3.24. The fraction of sp³-hybridized carbons (Fsp3) is 0.143. The molecule has 170 valence electrons. The van der Waals surface area contributed by atoms with Crippen molar-refractivity contribution in [3.63, 3.8) is 0 Å². The van der Waals surface area contributed by atoms with Crippen molar-refractivity contribution >= 4 is 64.2 Å². The molecule has 0 spiro atoms. The van der Waals surface area contributed by atoms with Crippen molar-refractivity contribution < 1.29 is 24.6 Å². The zero-order valence-electron chi connectivity index (χ0n) is 16.4. The fourth-order valence-electron chi connectivity index (χ4n) is 3.87. The second-order valence-corrected chi connectivity index (χ2v) is 8.80. The Morgan fingerprint density at radius 1 is 1.00 bits per heavy atom. The number of carbonyl (C=O) groups excluding carboxylic acids is 1. The highest BCUT2D eigenvalue weighted by atomic mass is 35.5. The van der Waals surface area contributed by atoms with E-state index in [1.165, 1.54) is 6.33 Å². The third-order valence-electron chi connectivity index (χ3n) is 5.34. The number of carbonyl (C=O) groups is 3. The van der Waals surface area contributed by atoms with Gasteiger partial charge in [0, 0.05) is 12.0 Å². The molecule has 4 rings (SSSR count). The van der Waals surface area contributed by atoms with Crippen molar-refractivity contribution in [3.05, 3.63) is 84.8 Å². The maximum Gasteiger partial charge on any atom is 0.336 e. The number of rotatable bonds is 4. The van der Waals surface area contributed by atoms with Crippen LogP contribution in [0.3, 0.4) is 0 Å². The van der Waals surface area contributed by atoms with Crippen LogP contribution in [0.1, 0.15) is 43.7 Å². The minimum Gasteiger partial charge on any atom is -0.480 e. The first-order chi connectivity index (χ1) is 15.6. The Labute approximate surface area is 206 Å². The highest BCUT2D eigenvalue weighted by Gasteiger charge is 2.45. The van der Waals surface area contributed by atoms with E-state index in [9.17, 15) is 24.6 Å². The number of hydrogen-bond acceptors (Lipinski definition) is 4. The van der Waals surface area contributed by atoms with Crippen LogP contribution in [0, 0.1) is 0 Å². The number of imidazole rings is 1. The Balaban J connectivity index is 1.98. The van der Waals surface area contributed by atoms with Gasteiger partial charge in [0.15, 0.2) is 0 Å². The highest BCUT2D eigenvalue weighted by Crippen LogP contribution is 2.42. The van der Waals surface area contributed by atoms with E-state index in [1.807, 2.05) is 0 Å². The smallest absolute Gasteiger partial charge is 0.336 e. The van der Waals surface area contributed by atoms with Crippen LogP contribution in [0.4, 0.5) is 0 Å². The summed E-state index contributed by atoms with van der Waals surface area (Å²) in [6, 6.07) is 4.47. The number of nitrogens with one attached hydrogen (secondary N) is 1. The van der Waals surface area contributed by atoms with Crippen LogP contribution >= 0.6 is 46.4 Å². The molecule has 0 saturated carbocycles. The molecule has 12 heteroatoms. The first-order valence-electron chi connectivity index (χ1n) is 9.35. The maximum absolute atomic E-state index is 13.8. The minimum absolute atomic E-state index is 0.0616. The van der Waals surface area contributed by atoms with Gasteiger partial charge in [-0.1, -0.05) is 58.5 Å². The van der Waals surface area contributed by atoms with E-state index in [0.717, 1.165) is 17.0 Å². The summed E-state index contributed by atoms with van der Waals surface area (Å²) in [6.07, 6.45) is 1.27. The minimum atomic E-state index is -1.43. The molecule has 0 aliphatic carbocycles. The van der Waals surface area contributed by atoms with E-state index in [0.29, 0.717) is 17.0 Å². The van der Waals surface area contributed by atoms with Gasteiger partial charge < -0.3 is 20.1 Å². The molecule has 33 heavy (non-hydrogen) atoms. The lowest BCUT2D eigenvalue weighted by Gasteiger charge is -2.40. The predicted octanol–water partition coefficient (Wildman–Crippen LogP) is 4.96. The van der Waals surface area contributed by atoms with Crippen LogP contribution in [0.15, 0.2) is 36.7 Å². The molecule has 1 aliphatic rings. The van der Waals surface area contributed by atoms with Crippen LogP contribution in [-0.2, 0) is 11.2 Å². The largest absolute Gasteiger partial charge is 0.480 e. The number of aromatic amines is 1. The normalized spacial score (nSPS) is 17.5. The van der Waals surface area contributed by atoms with E-state index in [4.69, 9.17) is 46.4 Å². The van der Waals surface area contributed by atoms with E-state index in [-0.39, 0.29) is 32.1 Å². The zero-order valence-corrected chi connectivity index (χ0v) is 19.4. The number of halogens is 4. The van der Waals surface area contributed by atoms with Gasteiger partial charge in [0.2, 0.25) is 0 Å². The molecule has 1 amide bonds. The lowest BCUT2D eigenvalue weighted by Crippen LogP contribution is -2.52. The Hall–Kier alpha value is -2.78. The van der Waals surface area contributed by atoms with Crippen LogP contribution in [0.5, 0.6) is 0 Å². The summed E-state index contributed by atoms with van der Waals surface area (Å²) in [5.74, 6) is -3.63. The first kappa shape index (κ1) is 23.4. The van der Waals surface area contributed by atoms with Gasteiger partial charge in [0.05, 0.1) is 48.9 Å². The van der Waals surface area contributed by atoms with Crippen molar-refractivity contribution in [2.45, 2.75) is 18.5 Å². The summed E-state index contributed by atoms with van der Waals surface area (Å²) in [4.78, 5) is 46.1. The summed E-state index contributed by atoms with van der Waals surface area (Å²) >= 11 is 24.7. The predicted molar refractivity (Wildman–Crippen MR) is 122 cm³/mol. The lowest BCUT2D eigenvalue weighted by molar-refractivity contribution is -0.143. The van der Waals surface area contributed by atoms with E-state index in [1.54, 1.807) is 18.2 Å². The molecule has 2 atom stereocenters. The summed E-state index contributed by atoms with van der Waals surface area (Å²) in [5, 5.41) is 19.8. The van der Waals surface area contributed by atoms with Gasteiger partial charge in [-0.3, -0.25) is 4.79 Å². The molecular weight excluding hydrogens is 516 g/mol. The molecule has 0 saturated heterocycles. The number of amides is 1. The second kappa shape index (κ2) is 8.87. The van der Waals surface area contributed by atoms with Gasteiger partial charge in [-0.2, -0.15) is 0 Å². The number of fused-ring (bicyclic) bond motifs is 1. The number of aromatic nitrogens is 2. The van der Waals surface area contributed by atoms with Crippen LogP contribution in [0.2, 0.25) is 20.1 Å². The maximum atomic E-state index is 13.8. The molecule has 2 heterocycles. The SMILES string of the molecule is O=C(O)c1cc(Cl)c(Cl)cc1C(=O)N1C(c2cccc(Cl)c2Cl)c2[nH]cnc2C[C@@H]1C(=O)O. The third-order valence-corrected chi connectivity index (χ3v) is 6.90. The van der Waals surface area contributed by atoms with Gasteiger partial charge in [0.25, 0.3) is 5.91 Å². The van der Waals surface area contributed by atoms with Crippen molar-refractivity contribution in [1.82, 2.24) is 14.9 Å². The van der Waals surface area contributed by atoms with Gasteiger partial charge >= 0.3 is 11.9 Å². The number of carboxylic acid groups (broad SMARTS) is 2. The van der Waals surface area contributed by atoms with Gasteiger partial charge in [-0.25, -0.2) is 14.6 Å². The molecule has 0 bridgehead atoms. The number of nitrogens with zero attached hydrogens (tertiary/aromatic N) is 2. The average molecular weight is 529 g/mol. The summed E-state index contributed by atoms with van der Waals surface area (Å²) in [5.41, 5.74) is 0.451. The number of carboxylic acids is 2. The van der Waals surface area contributed by atoms with Crippen LogP contribution in [-0.4, -0.2) is 49.0 Å². The fourth-order valence-corrected chi connectivity index (χ4v) is 4.61. The molecule has 3 N–H and O–H groups in total. The molecule has 0 fully saturated rings. The number of aliphatic carboxylic acids is 1. The van der Waals surface area contributed by atoms with E-state index in [2.05, 4.69) is 9.97 Å². The van der Waals surface area contributed by atoms with Crippen LogP contribution in [0.25, 0.3) is 0 Å². The van der Waals surface area contributed by atoms with Gasteiger partial charge in [0.1, 0.15) is 12.1 Å². The Morgan fingerprint density at radius 3 is 2.30 bits per heavy atom. The molecule has 0 radical (unpaired) electrons. The van der Waals surface area contributed by atoms with E-state index >= 15 is 0 Å². The number of aromatic carboxylic acids is 1. The molecule has 8 nitrogen and oxygen atoms in total. The van der Waals surface area contributed by atoms with Crippen molar-refractivity contribution in [1.29, 1.82) is 0 Å². The molecule has 3 aromatic rings. The van der Waals surface area contributed by atoms with Crippen LogP contribution < -0.4 is 0 Å². The standard InChI is InChI=1S/C21H13Cl4N3O5/c22-11-3-1-2-8(16(11)25)18-17-14(26-7-27-17)6-15(21(32)33)28(18)19(29)9-4-12(23)13(24)5-10(9)20(30)31/h1-5,7,15,18H,6H2,(H,26,27)(H,30,31)(H,32,33)/t15-,18?/m1/s1. The lowest BCUT2D eigenvalue weighted by atomic mass is 9.89. The second-order valence-electron chi connectivity index (χ2n) is 7.20. The monoisotopic (exact) mass is 527 g/mol. The summed E-state index contributed by atoms with van der Waals surface area (Å²) in [7, 11) is 0. The van der Waals surface area contributed by atoms with Gasteiger partial charge in [-0.15, -0.1) is 0 Å². The first-order valence-corrected chi connectivity index (χ1v) is 10.9. The Bertz CT molecular complexity index is 1310. The molecule has 1 aromatic heterocycles. The van der Waals surface area contributed by atoms with Crippen molar-refractivity contribution in [3.8, 4) is 0 Å². The molecule has 2 aromatic carbocycles. The summed E-state index contributed by atoms with van der Waals surface area (Å²) in [6.45, 7) is 0.